The van der Waals surface area contributed by atoms with Gasteiger partial charge in [0.1, 0.15) is 46.8 Å². The number of benzene rings is 3. The molecule has 0 saturated heterocycles. The van der Waals surface area contributed by atoms with Gasteiger partial charge >= 0.3 is 0 Å². The van der Waals surface area contributed by atoms with Gasteiger partial charge in [-0.25, -0.2) is 0 Å². The Bertz CT molecular complexity index is 2210. The molecule has 12 nitrogen and oxygen atoms in total. The molecule has 6 rings (SSSR count). The van der Waals surface area contributed by atoms with Gasteiger partial charge in [0.2, 0.25) is 0 Å². The second kappa shape index (κ2) is 27.0. The summed E-state index contributed by atoms with van der Waals surface area (Å²) in [6, 6.07) is 26.8. The first kappa shape index (κ1) is 48.0. The van der Waals surface area contributed by atoms with Crippen LogP contribution in [0.4, 0.5) is 0 Å². The highest BCUT2D eigenvalue weighted by Gasteiger charge is 2.14. The molecule has 0 aliphatic rings. The van der Waals surface area contributed by atoms with Crippen LogP contribution in [0.3, 0.4) is 0 Å². The number of unbranched alkanes of at least 4 members (excludes halogenated alkanes) is 5. The molecule has 0 amide bonds. The van der Waals surface area contributed by atoms with Crippen LogP contribution in [0.1, 0.15) is 102 Å². The molecule has 0 unspecified atom stereocenters. The van der Waals surface area contributed by atoms with Crippen molar-refractivity contribution in [2.75, 3.05) is 52.9 Å². The average molecular weight is 878 g/mol. The lowest BCUT2D eigenvalue weighted by molar-refractivity contribution is 0.0972. The van der Waals surface area contributed by atoms with E-state index in [1.165, 1.54) is 11.1 Å². The Balaban J connectivity index is 0.959. The van der Waals surface area contributed by atoms with Crippen LogP contribution in [0.25, 0.3) is 11.1 Å². The van der Waals surface area contributed by atoms with E-state index in [1.54, 1.807) is 0 Å². The number of hydrogen-bond acceptors (Lipinski definition) is 12. The maximum atomic E-state index is 6.32. The molecule has 344 valence electrons. The number of aryl methyl sites for hydroxylation is 7. The van der Waals surface area contributed by atoms with Gasteiger partial charge in [0.05, 0.1) is 44.4 Å². The van der Waals surface area contributed by atoms with Crippen molar-refractivity contribution in [3.63, 3.8) is 0 Å². The van der Waals surface area contributed by atoms with Gasteiger partial charge in [-0.05, 0) is 144 Å². The van der Waals surface area contributed by atoms with E-state index in [-0.39, 0.29) is 0 Å². The van der Waals surface area contributed by atoms with Gasteiger partial charge in [-0.15, -0.1) is 0 Å². The number of ether oxygens (including phenoxy) is 6. The lowest BCUT2D eigenvalue weighted by Gasteiger charge is -2.16. The first-order chi connectivity index (χ1) is 31.4. The molecule has 0 fully saturated rings. The average Bonchev–Trinajstić information content (AvgIpc) is 4.06. The standard InChI is InChI=1S/C52H67N3O9/c1-39-14-19-47(20-15-39)59-29-12-11-26-56-30-24-45-35-50(64-54-45)23-18-43-17-22-49(60-28-10-6-9-27-58-38-46-34-42(4)63-55-46)37-52(43)51-36-48(21-16-40(51)2)61-32-31-57-25-8-5-7-13-44-33-41(3)62-53-44/h14-17,19-22,33-37H,5-13,18,23-32,38H2,1-4H3. The fourth-order valence-corrected chi connectivity index (χ4v) is 7.23. The number of aromatic nitrogens is 3. The summed E-state index contributed by atoms with van der Waals surface area (Å²) < 4.78 is 52.0. The SMILES string of the molecule is Cc1ccc(OCCCCOCCc2cc(CCc3ccc(OCCCCCOCc4cc(C)on4)cc3-c3cc(OCCOCCCCCc4cc(C)on4)ccc3C)on2)cc1. The van der Waals surface area contributed by atoms with Crippen molar-refractivity contribution >= 4 is 0 Å². The van der Waals surface area contributed by atoms with E-state index in [4.69, 9.17) is 42.0 Å². The molecule has 0 radical (unpaired) electrons. The third-order valence-electron chi connectivity index (χ3n) is 10.8. The Morgan fingerprint density at radius 2 is 0.984 bits per heavy atom. The summed E-state index contributed by atoms with van der Waals surface area (Å²) in [6.07, 6.45) is 11.0. The topological polar surface area (TPSA) is 133 Å². The Morgan fingerprint density at radius 1 is 0.406 bits per heavy atom. The minimum atomic E-state index is 0.467. The lowest BCUT2D eigenvalue weighted by Crippen LogP contribution is -2.08. The maximum absolute atomic E-state index is 6.32. The summed E-state index contributed by atoms with van der Waals surface area (Å²) in [5.41, 5.74) is 8.55. The molecule has 3 aromatic heterocycles. The molecular weight excluding hydrogens is 811 g/mol. The van der Waals surface area contributed by atoms with Crippen molar-refractivity contribution in [3.8, 4) is 28.4 Å². The molecule has 0 saturated carbocycles. The fraction of sp³-hybridized carbons (Fsp3) is 0.481. The monoisotopic (exact) mass is 877 g/mol. The zero-order chi connectivity index (χ0) is 44.6. The molecule has 0 atom stereocenters. The molecule has 0 spiro atoms. The zero-order valence-corrected chi connectivity index (χ0v) is 38.4. The van der Waals surface area contributed by atoms with Crippen LogP contribution in [0.2, 0.25) is 0 Å². The number of hydrogen-bond donors (Lipinski definition) is 0. The van der Waals surface area contributed by atoms with Gasteiger partial charge < -0.3 is 42.0 Å². The van der Waals surface area contributed by atoms with Crippen LogP contribution in [0.15, 0.2) is 92.4 Å². The summed E-state index contributed by atoms with van der Waals surface area (Å²) in [5, 5.41) is 12.4. The molecule has 0 bridgehead atoms. The second-order valence-electron chi connectivity index (χ2n) is 16.4. The molecule has 64 heavy (non-hydrogen) atoms. The first-order valence-electron chi connectivity index (χ1n) is 23.1. The van der Waals surface area contributed by atoms with E-state index in [1.807, 2.05) is 44.2 Å². The Morgan fingerprint density at radius 3 is 1.75 bits per heavy atom. The molecule has 12 heteroatoms. The van der Waals surface area contributed by atoms with E-state index in [9.17, 15) is 0 Å². The summed E-state index contributed by atoms with van der Waals surface area (Å²) in [5.74, 6) is 5.06. The second-order valence-corrected chi connectivity index (χ2v) is 16.4. The van der Waals surface area contributed by atoms with Crippen LogP contribution in [-0.2, 0) is 46.5 Å². The molecule has 0 N–H and O–H groups in total. The smallest absolute Gasteiger partial charge is 0.137 e. The molecule has 0 aliphatic heterocycles. The third-order valence-corrected chi connectivity index (χ3v) is 10.8. The largest absolute Gasteiger partial charge is 0.494 e. The van der Waals surface area contributed by atoms with Crippen LogP contribution in [-0.4, -0.2) is 68.3 Å². The van der Waals surface area contributed by atoms with Gasteiger partial charge in [-0.1, -0.05) is 51.7 Å². The third kappa shape index (κ3) is 17.3. The van der Waals surface area contributed by atoms with Crippen molar-refractivity contribution < 1.29 is 42.0 Å². The van der Waals surface area contributed by atoms with E-state index in [0.29, 0.717) is 72.3 Å². The molecule has 3 heterocycles. The maximum Gasteiger partial charge on any atom is 0.137 e. The summed E-state index contributed by atoms with van der Waals surface area (Å²) >= 11 is 0. The molecular formula is C52H67N3O9. The summed E-state index contributed by atoms with van der Waals surface area (Å²) in [7, 11) is 0. The van der Waals surface area contributed by atoms with Crippen LogP contribution in [0, 0.1) is 27.7 Å². The van der Waals surface area contributed by atoms with Gasteiger partial charge in [-0.3, -0.25) is 0 Å². The first-order valence-corrected chi connectivity index (χ1v) is 23.1. The van der Waals surface area contributed by atoms with Crippen LogP contribution < -0.4 is 14.2 Å². The minimum Gasteiger partial charge on any atom is -0.494 e. The van der Waals surface area contributed by atoms with Crippen molar-refractivity contribution in [3.05, 3.63) is 130 Å². The summed E-state index contributed by atoms with van der Waals surface area (Å²) in [4.78, 5) is 0. The Kier molecular flexibility index (Phi) is 20.3. The molecule has 0 aliphatic carbocycles. The van der Waals surface area contributed by atoms with Crippen molar-refractivity contribution in [1.29, 1.82) is 0 Å². The fourth-order valence-electron chi connectivity index (χ4n) is 7.23. The van der Waals surface area contributed by atoms with Gasteiger partial charge in [0.15, 0.2) is 0 Å². The molecule has 3 aromatic carbocycles. The predicted octanol–water partition coefficient (Wildman–Crippen LogP) is 11.3. The minimum absolute atomic E-state index is 0.467. The summed E-state index contributed by atoms with van der Waals surface area (Å²) in [6.45, 7) is 13.5. The van der Waals surface area contributed by atoms with Gasteiger partial charge in [-0.2, -0.15) is 0 Å². The van der Waals surface area contributed by atoms with E-state index in [0.717, 1.165) is 133 Å². The normalized spacial score (nSPS) is 11.4. The van der Waals surface area contributed by atoms with Gasteiger partial charge in [0.25, 0.3) is 0 Å². The zero-order valence-electron chi connectivity index (χ0n) is 38.4. The van der Waals surface area contributed by atoms with E-state index >= 15 is 0 Å². The van der Waals surface area contributed by atoms with Crippen LogP contribution >= 0.6 is 0 Å². The Labute approximate surface area is 378 Å². The van der Waals surface area contributed by atoms with E-state index in [2.05, 4.69) is 77.8 Å². The van der Waals surface area contributed by atoms with Gasteiger partial charge in [0, 0.05) is 50.9 Å². The highest BCUT2D eigenvalue weighted by Crippen LogP contribution is 2.34. The van der Waals surface area contributed by atoms with E-state index < -0.39 is 0 Å². The Hall–Kier alpha value is -5.43. The highest BCUT2D eigenvalue weighted by molar-refractivity contribution is 5.73. The van der Waals surface area contributed by atoms with Crippen molar-refractivity contribution in [2.45, 2.75) is 111 Å². The number of nitrogens with zero attached hydrogens (tertiary/aromatic N) is 3. The van der Waals surface area contributed by atoms with Crippen molar-refractivity contribution in [1.82, 2.24) is 15.5 Å². The highest BCUT2D eigenvalue weighted by atomic mass is 16.5. The quantitative estimate of drug-likeness (QED) is 0.0373. The van der Waals surface area contributed by atoms with Crippen LogP contribution in [0.5, 0.6) is 17.2 Å². The van der Waals surface area contributed by atoms with Crippen molar-refractivity contribution in [2.24, 2.45) is 0 Å². The lowest BCUT2D eigenvalue weighted by atomic mass is 9.93. The number of rotatable bonds is 32. The molecule has 6 aromatic rings. The predicted molar refractivity (Wildman–Crippen MR) is 246 cm³/mol.